The Hall–Kier alpha value is -3.02. The zero-order valence-corrected chi connectivity index (χ0v) is 12.5. The highest BCUT2D eigenvalue weighted by Gasteiger charge is 2.18. The zero-order chi connectivity index (χ0) is 15.8. The molecule has 0 aliphatic carbocycles. The quantitative estimate of drug-likeness (QED) is 0.776. The number of nitrogens with zero attached hydrogens (tertiary/aromatic N) is 1. The van der Waals surface area contributed by atoms with Gasteiger partial charge in [0.1, 0.15) is 11.3 Å². The highest BCUT2D eigenvalue weighted by atomic mass is 16.5. The van der Waals surface area contributed by atoms with Crippen molar-refractivity contribution in [2.45, 2.75) is 13.0 Å². The molecule has 0 radical (unpaired) electrons. The second kappa shape index (κ2) is 5.31. The van der Waals surface area contributed by atoms with E-state index in [9.17, 15) is 4.79 Å². The van der Waals surface area contributed by atoms with Crippen LogP contribution in [-0.4, -0.2) is 17.5 Å². The molecule has 2 N–H and O–H groups in total. The van der Waals surface area contributed by atoms with Crippen molar-refractivity contribution < 1.29 is 13.9 Å². The lowest BCUT2D eigenvalue weighted by atomic mass is 10.1. The normalized spacial score (nSPS) is 14.7. The molecule has 1 aliphatic rings. The lowest BCUT2D eigenvalue weighted by Crippen LogP contribution is -2.25. The van der Waals surface area contributed by atoms with Crippen molar-refractivity contribution in [3.63, 3.8) is 0 Å². The van der Waals surface area contributed by atoms with E-state index in [0.717, 1.165) is 16.7 Å². The molecule has 4 rings (SSSR count). The highest BCUT2D eigenvalue weighted by Crippen LogP contribution is 2.31. The monoisotopic (exact) mass is 309 g/mol. The van der Waals surface area contributed by atoms with E-state index in [1.54, 1.807) is 0 Å². The second-order valence-electron chi connectivity index (χ2n) is 5.45. The number of hydrogen-bond donors (Lipinski definition) is 2. The van der Waals surface area contributed by atoms with E-state index in [-0.39, 0.29) is 18.6 Å². The van der Waals surface area contributed by atoms with Crippen molar-refractivity contribution in [1.82, 2.24) is 4.98 Å². The first-order chi connectivity index (χ1) is 11.2. The summed E-state index contributed by atoms with van der Waals surface area (Å²) < 4.78 is 11.0. The van der Waals surface area contributed by atoms with Gasteiger partial charge in [0.05, 0.1) is 11.7 Å². The Morgan fingerprint density at radius 1 is 1.26 bits per heavy atom. The van der Waals surface area contributed by atoms with Crippen LogP contribution in [0, 0.1) is 0 Å². The summed E-state index contributed by atoms with van der Waals surface area (Å²) in [6.07, 6.45) is 0. The highest BCUT2D eigenvalue weighted by molar-refractivity contribution is 5.95. The standard InChI is InChI=1S/C17H15N3O3/c1-10(18-17-20-12-4-2-3-5-15(12)23-17)11-6-7-14-13(8-11)19-16(21)9-22-14/h2-8,10H,9H2,1H3,(H,18,20)(H,19,21)/t10-/m1/s1. The Bertz CT molecular complexity index is 855. The van der Waals surface area contributed by atoms with Crippen LogP contribution in [0.5, 0.6) is 5.75 Å². The van der Waals surface area contributed by atoms with Gasteiger partial charge in [0, 0.05) is 0 Å². The molecule has 116 valence electrons. The molecule has 1 amide bonds. The second-order valence-corrected chi connectivity index (χ2v) is 5.45. The van der Waals surface area contributed by atoms with Gasteiger partial charge in [0.2, 0.25) is 0 Å². The van der Waals surface area contributed by atoms with Gasteiger partial charge < -0.3 is 19.8 Å². The lowest BCUT2D eigenvalue weighted by molar-refractivity contribution is -0.118. The van der Waals surface area contributed by atoms with Crippen molar-refractivity contribution in [3.05, 3.63) is 48.0 Å². The number of oxazole rings is 1. The van der Waals surface area contributed by atoms with Crippen molar-refractivity contribution in [2.24, 2.45) is 0 Å². The zero-order valence-electron chi connectivity index (χ0n) is 12.5. The fourth-order valence-corrected chi connectivity index (χ4v) is 2.57. The number of anilines is 2. The number of benzene rings is 2. The van der Waals surface area contributed by atoms with Crippen LogP contribution >= 0.6 is 0 Å². The first-order valence-corrected chi connectivity index (χ1v) is 7.38. The minimum absolute atomic E-state index is 0.0350. The number of nitrogens with one attached hydrogen (secondary N) is 2. The maximum absolute atomic E-state index is 11.4. The molecule has 0 spiro atoms. The predicted molar refractivity (Wildman–Crippen MR) is 86.6 cm³/mol. The first-order valence-electron chi connectivity index (χ1n) is 7.38. The molecule has 0 saturated carbocycles. The molecule has 1 atom stereocenters. The van der Waals surface area contributed by atoms with E-state index in [4.69, 9.17) is 9.15 Å². The third-order valence-corrected chi connectivity index (χ3v) is 3.77. The number of ether oxygens (including phenoxy) is 1. The number of hydrogen-bond acceptors (Lipinski definition) is 5. The number of amides is 1. The van der Waals surface area contributed by atoms with Gasteiger partial charge in [-0.15, -0.1) is 0 Å². The van der Waals surface area contributed by atoms with Crippen molar-refractivity contribution in [2.75, 3.05) is 17.2 Å². The molecule has 0 fully saturated rings. The average molecular weight is 309 g/mol. The minimum Gasteiger partial charge on any atom is -0.482 e. The van der Waals surface area contributed by atoms with E-state index in [1.165, 1.54) is 0 Å². The molecular weight excluding hydrogens is 294 g/mol. The number of rotatable bonds is 3. The molecule has 2 heterocycles. The largest absolute Gasteiger partial charge is 0.482 e. The van der Waals surface area contributed by atoms with Crippen LogP contribution in [0.4, 0.5) is 11.7 Å². The summed E-state index contributed by atoms with van der Waals surface area (Å²) in [4.78, 5) is 15.8. The van der Waals surface area contributed by atoms with Crippen LogP contribution in [0.15, 0.2) is 46.9 Å². The fourth-order valence-electron chi connectivity index (χ4n) is 2.57. The molecule has 0 unspecified atom stereocenters. The van der Waals surface area contributed by atoms with Crippen LogP contribution in [0.25, 0.3) is 11.1 Å². The molecule has 3 aromatic rings. The van der Waals surface area contributed by atoms with Crippen LogP contribution in [0.3, 0.4) is 0 Å². The van der Waals surface area contributed by atoms with E-state index in [0.29, 0.717) is 17.5 Å². The van der Waals surface area contributed by atoms with Gasteiger partial charge in [0.15, 0.2) is 12.2 Å². The molecule has 0 bridgehead atoms. The van der Waals surface area contributed by atoms with E-state index < -0.39 is 0 Å². The van der Waals surface area contributed by atoms with Gasteiger partial charge in [-0.2, -0.15) is 4.98 Å². The van der Waals surface area contributed by atoms with Crippen molar-refractivity contribution in [3.8, 4) is 5.75 Å². The minimum atomic E-state index is -0.144. The maximum Gasteiger partial charge on any atom is 0.296 e. The summed E-state index contributed by atoms with van der Waals surface area (Å²) in [7, 11) is 0. The summed E-state index contributed by atoms with van der Waals surface area (Å²) in [5.74, 6) is 0.539. The van der Waals surface area contributed by atoms with Gasteiger partial charge >= 0.3 is 0 Å². The van der Waals surface area contributed by atoms with Crippen LogP contribution in [0.2, 0.25) is 0 Å². The summed E-state index contributed by atoms with van der Waals surface area (Å²) in [5, 5.41) is 6.04. The van der Waals surface area contributed by atoms with Gasteiger partial charge in [-0.3, -0.25) is 4.79 Å². The van der Waals surface area contributed by atoms with Crippen molar-refractivity contribution >= 4 is 28.7 Å². The number of carbonyl (C=O) groups excluding carboxylic acids is 1. The molecule has 23 heavy (non-hydrogen) atoms. The van der Waals surface area contributed by atoms with Gasteiger partial charge in [-0.1, -0.05) is 18.2 Å². The topological polar surface area (TPSA) is 76.4 Å². The Morgan fingerprint density at radius 3 is 3.00 bits per heavy atom. The fraction of sp³-hybridized carbons (Fsp3) is 0.176. The lowest BCUT2D eigenvalue weighted by Gasteiger charge is -2.20. The van der Waals surface area contributed by atoms with E-state index >= 15 is 0 Å². The molecule has 6 nitrogen and oxygen atoms in total. The smallest absolute Gasteiger partial charge is 0.296 e. The maximum atomic E-state index is 11.4. The van der Waals surface area contributed by atoms with Crippen LogP contribution < -0.4 is 15.4 Å². The number of aromatic nitrogens is 1. The van der Waals surface area contributed by atoms with Gasteiger partial charge in [-0.05, 0) is 36.8 Å². The molecule has 1 aromatic heterocycles. The summed E-state index contributed by atoms with van der Waals surface area (Å²) in [6, 6.07) is 13.8. The Kier molecular flexibility index (Phi) is 3.15. The van der Waals surface area contributed by atoms with Gasteiger partial charge in [-0.25, -0.2) is 0 Å². The average Bonchev–Trinajstić information content (AvgIpc) is 2.96. The summed E-state index contributed by atoms with van der Waals surface area (Å²) in [6.45, 7) is 2.06. The van der Waals surface area contributed by atoms with E-state index in [1.807, 2.05) is 49.4 Å². The predicted octanol–water partition coefficient (Wildman–Crippen LogP) is 3.33. The number of para-hydroxylation sites is 2. The molecule has 1 aliphatic heterocycles. The SMILES string of the molecule is C[C@@H](Nc1nc2ccccc2o1)c1ccc2c(c1)NC(=O)CO2. The summed E-state index contributed by atoms with van der Waals surface area (Å²) in [5.41, 5.74) is 3.24. The Balaban J connectivity index is 1.58. The van der Waals surface area contributed by atoms with Crippen LogP contribution in [-0.2, 0) is 4.79 Å². The third kappa shape index (κ3) is 2.59. The summed E-state index contributed by atoms with van der Waals surface area (Å²) >= 11 is 0. The Labute approximate surface area is 132 Å². The Morgan fingerprint density at radius 2 is 2.13 bits per heavy atom. The van der Waals surface area contributed by atoms with Crippen molar-refractivity contribution in [1.29, 1.82) is 0 Å². The molecule has 2 aromatic carbocycles. The molecule has 0 saturated heterocycles. The number of carbonyl (C=O) groups is 1. The molecule has 6 heteroatoms. The van der Waals surface area contributed by atoms with Crippen LogP contribution in [0.1, 0.15) is 18.5 Å². The molecular formula is C17H15N3O3. The van der Waals surface area contributed by atoms with Gasteiger partial charge in [0.25, 0.3) is 11.9 Å². The van der Waals surface area contributed by atoms with E-state index in [2.05, 4.69) is 15.6 Å². The third-order valence-electron chi connectivity index (χ3n) is 3.77. The number of fused-ring (bicyclic) bond motifs is 2. The first kappa shape index (κ1) is 13.6.